The van der Waals surface area contributed by atoms with Gasteiger partial charge in [0.05, 0.1) is 32.9 Å². The minimum Gasteiger partial charge on any atom is -0.496 e. The van der Waals surface area contributed by atoms with E-state index in [1.165, 1.54) is 21.3 Å². The van der Waals surface area contributed by atoms with Gasteiger partial charge in [0.1, 0.15) is 5.75 Å². The molecule has 1 atom stereocenters. The zero-order chi connectivity index (χ0) is 18.4. The van der Waals surface area contributed by atoms with E-state index in [-0.39, 0.29) is 11.9 Å². The second-order valence-corrected chi connectivity index (χ2v) is 5.83. The lowest BCUT2D eigenvalue weighted by atomic mass is 10.0. The van der Waals surface area contributed by atoms with E-state index >= 15 is 0 Å². The fourth-order valence-corrected chi connectivity index (χ4v) is 2.68. The minimum atomic E-state index is -0.250. The topological polar surface area (TPSA) is 56.8 Å². The molecule has 1 amide bonds. The second kappa shape index (κ2) is 8.62. The van der Waals surface area contributed by atoms with Crippen molar-refractivity contribution < 1.29 is 19.0 Å². The molecule has 5 nitrogen and oxygen atoms in total. The summed E-state index contributed by atoms with van der Waals surface area (Å²) in [4.78, 5) is 12.8. The maximum absolute atomic E-state index is 12.8. The summed E-state index contributed by atoms with van der Waals surface area (Å²) in [7, 11) is 4.56. The molecule has 25 heavy (non-hydrogen) atoms. The van der Waals surface area contributed by atoms with Crippen LogP contribution in [0.4, 0.5) is 0 Å². The predicted molar refractivity (Wildman–Crippen MR) is 98.0 cm³/mol. The van der Waals surface area contributed by atoms with E-state index in [0.717, 1.165) is 12.0 Å². The van der Waals surface area contributed by atoms with Gasteiger partial charge in [-0.05, 0) is 24.1 Å². The molecule has 0 saturated heterocycles. The molecule has 0 fully saturated rings. The van der Waals surface area contributed by atoms with Gasteiger partial charge in [-0.15, -0.1) is 0 Å². The summed E-state index contributed by atoms with van der Waals surface area (Å²) in [5, 5.41) is 3.68. The average molecular weight is 364 g/mol. The van der Waals surface area contributed by atoms with Crippen LogP contribution in [0.2, 0.25) is 5.02 Å². The molecule has 0 saturated carbocycles. The fraction of sp³-hybridized carbons (Fsp3) is 0.316. The smallest absolute Gasteiger partial charge is 0.255 e. The Kier molecular flexibility index (Phi) is 6.53. The third-order valence-corrected chi connectivity index (χ3v) is 4.19. The standard InChI is InChI=1S/C19H22ClNO4/c1-5-15(12-6-8-13(20)9-7-12)21-19(22)14-10-17(24-3)18(25-4)11-16(14)23-2/h6-11,15H,5H2,1-4H3,(H,21,22). The minimum absolute atomic E-state index is 0.137. The Morgan fingerprint density at radius 1 is 1.00 bits per heavy atom. The Hall–Kier alpha value is -2.40. The van der Waals surface area contributed by atoms with E-state index < -0.39 is 0 Å². The predicted octanol–water partition coefficient (Wildman–Crippen LogP) is 4.25. The van der Waals surface area contributed by atoms with Crippen molar-refractivity contribution in [3.05, 3.63) is 52.5 Å². The van der Waals surface area contributed by atoms with Crippen molar-refractivity contribution in [3.63, 3.8) is 0 Å². The van der Waals surface area contributed by atoms with Crippen LogP contribution in [-0.4, -0.2) is 27.2 Å². The van der Waals surface area contributed by atoms with E-state index in [4.69, 9.17) is 25.8 Å². The molecule has 134 valence electrons. The van der Waals surface area contributed by atoms with Crippen LogP contribution in [0, 0.1) is 0 Å². The number of benzene rings is 2. The Labute approximate surface area is 152 Å². The molecule has 6 heteroatoms. The summed E-state index contributed by atoms with van der Waals surface area (Å²) < 4.78 is 15.9. The third-order valence-electron chi connectivity index (χ3n) is 3.94. The molecule has 0 heterocycles. The zero-order valence-electron chi connectivity index (χ0n) is 14.8. The quantitative estimate of drug-likeness (QED) is 0.799. The van der Waals surface area contributed by atoms with E-state index in [1.54, 1.807) is 12.1 Å². The summed E-state index contributed by atoms with van der Waals surface area (Å²) in [6.45, 7) is 2.01. The maximum atomic E-state index is 12.8. The lowest BCUT2D eigenvalue weighted by Crippen LogP contribution is -2.28. The first-order valence-electron chi connectivity index (χ1n) is 7.90. The van der Waals surface area contributed by atoms with Crippen LogP contribution in [0.5, 0.6) is 17.2 Å². The highest BCUT2D eigenvalue weighted by Gasteiger charge is 2.20. The Morgan fingerprint density at radius 3 is 2.08 bits per heavy atom. The number of carbonyl (C=O) groups excluding carboxylic acids is 1. The Bertz CT molecular complexity index is 731. The number of nitrogens with one attached hydrogen (secondary N) is 1. The van der Waals surface area contributed by atoms with Crippen LogP contribution in [-0.2, 0) is 0 Å². The number of methoxy groups -OCH3 is 3. The molecule has 0 radical (unpaired) electrons. The molecule has 0 aliphatic heterocycles. The second-order valence-electron chi connectivity index (χ2n) is 5.39. The van der Waals surface area contributed by atoms with Gasteiger partial charge in [-0.3, -0.25) is 4.79 Å². The molecule has 2 aromatic carbocycles. The van der Waals surface area contributed by atoms with Crippen molar-refractivity contribution in [2.45, 2.75) is 19.4 Å². The van der Waals surface area contributed by atoms with Gasteiger partial charge in [-0.25, -0.2) is 0 Å². The highest BCUT2D eigenvalue weighted by molar-refractivity contribution is 6.30. The van der Waals surface area contributed by atoms with Crippen LogP contribution in [0.25, 0.3) is 0 Å². The summed E-state index contributed by atoms with van der Waals surface area (Å²) in [5.41, 5.74) is 1.37. The normalized spacial score (nSPS) is 11.6. The number of ether oxygens (including phenoxy) is 3. The molecule has 0 bridgehead atoms. The van der Waals surface area contributed by atoms with Gasteiger partial charge >= 0.3 is 0 Å². The molecule has 0 aromatic heterocycles. The number of carbonyl (C=O) groups is 1. The Balaban J connectivity index is 2.31. The molecule has 1 N–H and O–H groups in total. The zero-order valence-corrected chi connectivity index (χ0v) is 15.5. The van der Waals surface area contributed by atoms with Crippen molar-refractivity contribution in [2.75, 3.05) is 21.3 Å². The average Bonchev–Trinajstić information content (AvgIpc) is 2.65. The molecule has 0 spiro atoms. The Morgan fingerprint density at radius 2 is 1.56 bits per heavy atom. The number of amides is 1. The first-order valence-corrected chi connectivity index (χ1v) is 8.28. The highest BCUT2D eigenvalue weighted by atomic mass is 35.5. The van der Waals surface area contributed by atoms with Crippen LogP contribution in [0.3, 0.4) is 0 Å². The molecular weight excluding hydrogens is 342 g/mol. The lowest BCUT2D eigenvalue weighted by molar-refractivity contribution is 0.0932. The third kappa shape index (κ3) is 4.37. The summed E-state index contributed by atoms with van der Waals surface area (Å²) in [6, 6.07) is 10.5. The van der Waals surface area contributed by atoms with Crippen molar-refractivity contribution in [1.29, 1.82) is 0 Å². The molecule has 1 unspecified atom stereocenters. The number of rotatable bonds is 7. The molecule has 0 aliphatic carbocycles. The van der Waals surface area contributed by atoms with Gasteiger partial charge in [0.25, 0.3) is 5.91 Å². The first kappa shape index (κ1) is 18.9. The maximum Gasteiger partial charge on any atom is 0.255 e. The fourth-order valence-electron chi connectivity index (χ4n) is 2.56. The van der Waals surface area contributed by atoms with Gasteiger partial charge in [0, 0.05) is 17.2 Å². The van der Waals surface area contributed by atoms with Crippen molar-refractivity contribution in [2.24, 2.45) is 0 Å². The van der Waals surface area contributed by atoms with E-state index in [9.17, 15) is 4.79 Å². The number of hydrogen-bond acceptors (Lipinski definition) is 4. The SMILES string of the molecule is CCC(NC(=O)c1cc(OC)c(OC)cc1OC)c1ccc(Cl)cc1. The van der Waals surface area contributed by atoms with Gasteiger partial charge in [0.15, 0.2) is 11.5 Å². The van der Waals surface area contributed by atoms with Crippen molar-refractivity contribution in [3.8, 4) is 17.2 Å². The molecular formula is C19H22ClNO4. The van der Waals surface area contributed by atoms with E-state index in [0.29, 0.717) is 27.8 Å². The number of halogens is 1. The molecule has 2 rings (SSSR count). The largest absolute Gasteiger partial charge is 0.496 e. The molecule has 2 aromatic rings. The summed E-state index contributed by atoms with van der Waals surface area (Å²) >= 11 is 5.93. The van der Waals surface area contributed by atoms with E-state index in [2.05, 4.69) is 5.32 Å². The number of hydrogen-bond donors (Lipinski definition) is 1. The highest BCUT2D eigenvalue weighted by Crippen LogP contribution is 2.35. The van der Waals surface area contributed by atoms with Crippen LogP contribution < -0.4 is 19.5 Å². The molecule has 0 aliphatic rings. The lowest BCUT2D eigenvalue weighted by Gasteiger charge is -2.19. The van der Waals surface area contributed by atoms with Gasteiger partial charge in [-0.1, -0.05) is 30.7 Å². The van der Waals surface area contributed by atoms with Gasteiger partial charge in [0.2, 0.25) is 0 Å². The first-order chi connectivity index (χ1) is 12.0. The summed E-state index contributed by atoms with van der Waals surface area (Å²) in [5.74, 6) is 1.13. The summed E-state index contributed by atoms with van der Waals surface area (Å²) in [6.07, 6.45) is 0.739. The van der Waals surface area contributed by atoms with Crippen molar-refractivity contribution in [1.82, 2.24) is 5.32 Å². The van der Waals surface area contributed by atoms with E-state index in [1.807, 2.05) is 31.2 Å². The van der Waals surface area contributed by atoms with Crippen LogP contribution in [0.15, 0.2) is 36.4 Å². The van der Waals surface area contributed by atoms with Crippen molar-refractivity contribution >= 4 is 17.5 Å². The monoisotopic (exact) mass is 363 g/mol. The van der Waals surface area contributed by atoms with Crippen LogP contribution >= 0.6 is 11.6 Å². The van der Waals surface area contributed by atoms with Gasteiger partial charge in [-0.2, -0.15) is 0 Å². The van der Waals surface area contributed by atoms with Gasteiger partial charge < -0.3 is 19.5 Å². The van der Waals surface area contributed by atoms with Crippen LogP contribution in [0.1, 0.15) is 35.3 Å².